The Morgan fingerprint density at radius 2 is 1.79 bits per heavy atom. The van der Waals surface area contributed by atoms with Gasteiger partial charge in [0.2, 0.25) is 5.95 Å². The molecule has 0 atom stereocenters. The summed E-state index contributed by atoms with van der Waals surface area (Å²) in [5.41, 5.74) is 6.22. The molecular formula is C31H34N6O. The van der Waals surface area contributed by atoms with Gasteiger partial charge in [0.1, 0.15) is 0 Å². The van der Waals surface area contributed by atoms with Crippen molar-refractivity contribution in [3.8, 4) is 11.3 Å². The van der Waals surface area contributed by atoms with Gasteiger partial charge in [-0.25, -0.2) is 9.97 Å². The molecule has 0 unspecified atom stereocenters. The van der Waals surface area contributed by atoms with Crippen molar-refractivity contribution in [2.75, 3.05) is 23.7 Å². The van der Waals surface area contributed by atoms with Gasteiger partial charge in [0.25, 0.3) is 5.91 Å². The molecule has 0 aliphatic carbocycles. The number of amides is 1. The third-order valence-corrected chi connectivity index (χ3v) is 7.26. The normalized spacial score (nSPS) is 14.4. The molecule has 1 fully saturated rings. The van der Waals surface area contributed by atoms with E-state index in [2.05, 4.69) is 56.5 Å². The van der Waals surface area contributed by atoms with Gasteiger partial charge in [-0.15, -0.1) is 0 Å². The highest BCUT2D eigenvalue weighted by Gasteiger charge is 2.22. The second kappa shape index (κ2) is 11.5. The van der Waals surface area contributed by atoms with Crippen molar-refractivity contribution in [2.45, 2.75) is 45.6 Å². The van der Waals surface area contributed by atoms with Gasteiger partial charge in [-0.2, -0.15) is 0 Å². The highest BCUT2D eigenvalue weighted by molar-refractivity contribution is 6.04. The standard InChI is InChI=1S/C31H34N6O/c1-21(2)37-17-13-24(14-18-37)23-7-9-25(10-8-23)30(38)34-27-11-6-22(3)29(19-27)36-31-33-16-12-28(35-31)26-5-4-15-32-20-26/h4-12,15-16,19-21,24H,13-14,17-18H2,1-3H3,(H,34,38)(H,33,35,36). The highest BCUT2D eigenvalue weighted by Crippen LogP contribution is 2.29. The first-order valence-electron chi connectivity index (χ1n) is 13.2. The molecule has 1 aliphatic rings. The summed E-state index contributed by atoms with van der Waals surface area (Å²) in [6.45, 7) is 8.79. The van der Waals surface area contributed by atoms with Crippen LogP contribution >= 0.6 is 0 Å². The Morgan fingerprint density at radius 3 is 2.50 bits per heavy atom. The number of hydrogen-bond acceptors (Lipinski definition) is 6. The molecule has 0 radical (unpaired) electrons. The van der Waals surface area contributed by atoms with E-state index in [1.165, 1.54) is 5.56 Å². The molecule has 7 nitrogen and oxygen atoms in total. The zero-order chi connectivity index (χ0) is 26.5. The number of benzene rings is 2. The van der Waals surface area contributed by atoms with E-state index in [0.717, 1.165) is 48.4 Å². The summed E-state index contributed by atoms with van der Waals surface area (Å²) in [4.78, 5) is 28.7. The zero-order valence-electron chi connectivity index (χ0n) is 22.2. The number of hydrogen-bond donors (Lipinski definition) is 2. The summed E-state index contributed by atoms with van der Waals surface area (Å²) < 4.78 is 0. The smallest absolute Gasteiger partial charge is 0.255 e. The predicted octanol–water partition coefficient (Wildman–Crippen LogP) is 6.43. The van der Waals surface area contributed by atoms with E-state index in [1.807, 2.05) is 55.5 Å². The van der Waals surface area contributed by atoms with E-state index in [4.69, 9.17) is 0 Å². The fourth-order valence-corrected chi connectivity index (χ4v) is 4.91. The van der Waals surface area contributed by atoms with Crippen molar-refractivity contribution in [3.63, 3.8) is 0 Å². The van der Waals surface area contributed by atoms with E-state index in [-0.39, 0.29) is 5.91 Å². The lowest BCUT2D eigenvalue weighted by atomic mass is 9.88. The van der Waals surface area contributed by atoms with E-state index >= 15 is 0 Å². The fraction of sp³-hybridized carbons (Fsp3) is 0.290. The molecule has 7 heteroatoms. The molecule has 0 saturated carbocycles. The van der Waals surface area contributed by atoms with Gasteiger partial charge >= 0.3 is 0 Å². The molecular weight excluding hydrogens is 472 g/mol. The second-order valence-electron chi connectivity index (χ2n) is 10.1. The van der Waals surface area contributed by atoms with Crippen LogP contribution < -0.4 is 10.6 Å². The second-order valence-corrected chi connectivity index (χ2v) is 10.1. The highest BCUT2D eigenvalue weighted by atomic mass is 16.1. The summed E-state index contributed by atoms with van der Waals surface area (Å²) in [6, 6.07) is 20.2. The number of aromatic nitrogens is 3. The number of aryl methyl sites for hydroxylation is 1. The number of carbonyl (C=O) groups is 1. The number of rotatable bonds is 7. The van der Waals surface area contributed by atoms with Gasteiger partial charge < -0.3 is 15.5 Å². The first-order valence-corrected chi connectivity index (χ1v) is 13.2. The van der Waals surface area contributed by atoms with Crippen molar-refractivity contribution in [1.82, 2.24) is 19.9 Å². The Kier molecular flexibility index (Phi) is 7.75. The lowest BCUT2D eigenvalue weighted by Crippen LogP contribution is -2.37. The number of carbonyl (C=O) groups excluding carboxylic acids is 1. The van der Waals surface area contributed by atoms with Crippen LogP contribution in [0.4, 0.5) is 17.3 Å². The summed E-state index contributed by atoms with van der Waals surface area (Å²) in [6.07, 6.45) is 7.55. The fourth-order valence-electron chi connectivity index (χ4n) is 4.91. The van der Waals surface area contributed by atoms with Crippen LogP contribution in [0.2, 0.25) is 0 Å². The van der Waals surface area contributed by atoms with E-state index in [1.54, 1.807) is 18.6 Å². The molecule has 2 N–H and O–H groups in total. The van der Waals surface area contributed by atoms with E-state index in [9.17, 15) is 4.79 Å². The van der Waals surface area contributed by atoms with Gasteiger partial charge in [-0.05, 0) is 106 Å². The molecule has 1 saturated heterocycles. The summed E-state index contributed by atoms with van der Waals surface area (Å²) in [7, 11) is 0. The molecule has 1 amide bonds. The number of likely N-dealkylation sites (tertiary alicyclic amines) is 1. The predicted molar refractivity (Wildman–Crippen MR) is 153 cm³/mol. The molecule has 38 heavy (non-hydrogen) atoms. The van der Waals surface area contributed by atoms with Crippen molar-refractivity contribution in [2.24, 2.45) is 0 Å². The molecule has 2 aromatic carbocycles. The number of nitrogens with zero attached hydrogens (tertiary/aromatic N) is 4. The zero-order valence-corrected chi connectivity index (χ0v) is 22.2. The van der Waals surface area contributed by atoms with Crippen LogP contribution in [-0.2, 0) is 0 Å². The van der Waals surface area contributed by atoms with Crippen LogP contribution in [0.15, 0.2) is 79.3 Å². The SMILES string of the molecule is Cc1ccc(NC(=O)c2ccc(C3CCN(C(C)C)CC3)cc2)cc1Nc1nccc(-c2cccnc2)n1. The molecule has 5 rings (SSSR count). The lowest BCUT2D eigenvalue weighted by Gasteiger charge is -2.34. The maximum absolute atomic E-state index is 13.0. The molecule has 3 heterocycles. The van der Waals surface area contributed by atoms with Crippen LogP contribution in [0.3, 0.4) is 0 Å². The number of nitrogens with one attached hydrogen (secondary N) is 2. The Bertz CT molecular complexity index is 1380. The van der Waals surface area contributed by atoms with E-state index in [0.29, 0.717) is 29.2 Å². The lowest BCUT2D eigenvalue weighted by molar-refractivity contribution is 0.102. The van der Waals surface area contributed by atoms with Gasteiger partial charge in [0.15, 0.2) is 0 Å². The van der Waals surface area contributed by atoms with Crippen molar-refractivity contribution in [3.05, 3.63) is 95.9 Å². The van der Waals surface area contributed by atoms with Crippen molar-refractivity contribution in [1.29, 1.82) is 0 Å². The van der Waals surface area contributed by atoms with Gasteiger partial charge in [0, 0.05) is 47.1 Å². The van der Waals surface area contributed by atoms with Crippen LogP contribution in [-0.4, -0.2) is 44.9 Å². The topological polar surface area (TPSA) is 83.0 Å². The quantitative estimate of drug-likeness (QED) is 0.301. The monoisotopic (exact) mass is 506 g/mol. The third kappa shape index (κ3) is 6.06. The Labute approximate surface area is 224 Å². The third-order valence-electron chi connectivity index (χ3n) is 7.26. The molecule has 0 bridgehead atoms. The van der Waals surface area contributed by atoms with Gasteiger partial charge in [-0.1, -0.05) is 18.2 Å². The maximum Gasteiger partial charge on any atom is 0.255 e. The minimum absolute atomic E-state index is 0.129. The van der Waals surface area contributed by atoms with E-state index < -0.39 is 0 Å². The minimum atomic E-state index is -0.129. The molecule has 1 aliphatic heterocycles. The Hall–Kier alpha value is -4.10. The maximum atomic E-state index is 13.0. The first kappa shape index (κ1) is 25.5. The van der Waals surface area contributed by atoms with Crippen LogP contribution in [0.25, 0.3) is 11.3 Å². The van der Waals surface area contributed by atoms with Crippen molar-refractivity contribution >= 4 is 23.2 Å². The van der Waals surface area contributed by atoms with Crippen LogP contribution in [0, 0.1) is 6.92 Å². The summed E-state index contributed by atoms with van der Waals surface area (Å²) >= 11 is 0. The Morgan fingerprint density at radius 1 is 1.00 bits per heavy atom. The largest absolute Gasteiger partial charge is 0.324 e. The molecule has 0 spiro atoms. The molecule has 4 aromatic rings. The minimum Gasteiger partial charge on any atom is -0.324 e. The van der Waals surface area contributed by atoms with Crippen LogP contribution in [0.1, 0.15) is 54.1 Å². The summed E-state index contributed by atoms with van der Waals surface area (Å²) in [5.74, 6) is 0.912. The van der Waals surface area contributed by atoms with Crippen molar-refractivity contribution < 1.29 is 4.79 Å². The molecule has 2 aromatic heterocycles. The average molecular weight is 507 g/mol. The number of anilines is 3. The van der Waals surface area contributed by atoms with Gasteiger partial charge in [0.05, 0.1) is 5.69 Å². The number of pyridine rings is 1. The average Bonchev–Trinajstić information content (AvgIpc) is 2.95. The summed E-state index contributed by atoms with van der Waals surface area (Å²) in [5, 5.41) is 6.32. The molecule has 194 valence electrons. The number of piperidine rings is 1. The Balaban J connectivity index is 1.24. The van der Waals surface area contributed by atoms with Crippen LogP contribution in [0.5, 0.6) is 0 Å². The first-order chi connectivity index (χ1) is 18.5. The van der Waals surface area contributed by atoms with Gasteiger partial charge in [-0.3, -0.25) is 9.78 Å².